The number of fused-ring (bicyclic) bond motifs is 1. The number of carbonyl (C=O) groups is 2. The minimum absolute atomic E-state index is 0.0394. The fraction of sp³-hybridized carbons (Fsp3) is 0.357. The van der Waals surface area contributed by atoms with Crippen molar-refractivity contribution >= 4 is 11.8 Å². The smallest absolute Gasteiger partial charge is 0.254 e. The van der Waals surface area contributed by atoms with Crippen LogP contribution in [0.1, 0.15) is 35.5 Å². The van der Waals surface area contributed by atoms with Crippen molar-refractivity contribution in [1.82, 2.24) is 14.4 Å². The molecule has 2 heterocycles. The molecule has 3 aromatic rings. The maximum atomic E-state index is 13.5. The van der Waals surface area contributed by atoms with Gasteiger partial charge in [0.1, 0.15) is 6.54 Å². The van der Waals surface area contributed by atoms with Gasteiger partial charge in [-0.3, -0.25) is 9.59 Å². The van der Waals surface area contributed by atoms with Gasteiger partial charge in [0.15, 0.2) is 11.5 Å². The second-order valence-electron chi connectivity index (χ2n) is 9.02. The molecule has 0 aliphatic carbocycles. The Bertz CT molecular complexity index is 1170. The number of carbonyl (C=O) groups excluding carboxylic acids is 2. The van der Waals surface area contributed by atoms with Crippen LogP contribution < -0.4 is 9.47 Å². The van der Waals surface area contributed by atoms with Crippen molar-refractivity contribution in [2.24, 2.45) is 0 Å². The molecule has 36 heavy (non-hydrogen) atoms. The third-order valence-electron chi connectivity index (χ3n) is 6.19. The molecule has 0 atom stereocenters. The summed E-state index contributed by atoms with van der Waals surface area (Å²) < 4.78 is 18.1. The summed E-state index contributed by atoms with van der Waals surface area (Å²) in [5.74, 6) is 0.759. The fourth-order valence-corrected chi connectivity index (χ4v) is 4.18. The lowest BCUT2D eigenvalue weighted by Crippen LogP contribution is -2.46. The van der Waals surface area contributed by atoms with Crippen LogP contribution in [-0.2, 0) is 22.6 Å². The van der Waals surface area contributed by atoms with E-state index in [1.165, 1.54) is 10.5 Å². The standard InChI is InChI=1S/C28H33N3O5/c1-21(2)31(18-24-10-7-13-29(24)17-22-8-5-4-6-9-22)27(32)19-30(14-15-34-3)28(33)23-11-12-25-26(16-23)36-20-35-25/h4-13,16,21H,14-15,17-20H2,1-3H3. The lowest BCUT2D eigenvalue weighted by Gasteiger charge is -2.30. The summed E-state index contributed by atoms with van der Waals surface area (Å²) in [7, 11) is 1.58. The van der Waals surface area contributed by atoms with Gasteiger partial charge in [0.25, 0.3) is 5.91 Å². The molecule has 0 bridgehead atoms. The number of nitrogens with zero attached hydrogens (tertiary/aromatic N) is 3. The molecular weight excluding hydrogens is 458 g/mol. The third-order valence-corrected chi connectivity index (χ3v) is 6.19. The molecule has 0 N–H and O–H groups in total. The Hall–Kier alpha value is -3.78. The third kappa shape index (κ3) is 6.07. The van der Waals surface area contributed by atoms with Gasteiger partial charge in [0.05, 0.1) is 13.2 Å². The van der Waals surface area contributed by atoms with Gasteiger partial charge >= 0.3 is 0 Å². The maximum Gasteiger partial charge on any atom is 0.254 e. The fourth-order valence-electron chi connectivity index (χ4n) is 4.18. The second kappa shape index (κ2) is 11.8. The maximum absolute atomic E-state index is 13.5. The van der Waals surface area contributed by atoms with Crippen molar-refractivity contribution in [2.45, 2.75) is 33.0 Å². The van der Waals surface area contributed by atoms with E-state index >= 15 is 0 Å². The molecule has 2 amide bonds. The van der Waals surface area contributed by atoms with Crippen LogP contribution in [0.2, 0.25) is 0 Å². The van der Waals surface area contributed by atoms with Crippen molar-refractivity contribution in [3.63, 3.8) is 0 Å². The summed E-state index contributed by atoms with van der Waals surface area (Å²) in [5, 5.41) is 0. The average Bonchev–Trinajstić information content (AvgIpc) is 3.53. The molecule has 1 aliphatic heterocycles. The molecule has 0 radical (unpaired) electrons. The van der Waals surface area contributed by atoms with E-state index in [1.807, 2.05) is 55.3 Å². The Morgan fingerprint density at radius 1 is 1.03 bits per heavy atom. The summed E-state index contributed by atoms with van der Waals surface area (Å²) in [4.78, 5) is 30.2. The summed E-state index contributed by atoms with van der Waals surface area (Å²) in [6.07, 6.45) is 2.03. The van der Waals surface area contributed by atoms with Crippen molar-refractivity contribution in [2.75, 3.05) is 33.6 Å². The summed E-state index contributed by atoms with van der Waals surface area (Å²) in [6, 6.07) is 19.3. The van der Waals surface area contributed by atoms with Crippen LogP contribution in [0.3, 0.4) is 0 Å². The van der Waals surface area contributed by atoms with Crippen LogP contribution in [0.15, 0.2) is 66.9 Å². The molecule has 0 saturated carbocycles. The molecule has 8 heteroatoms. The van der Waals surface area contributed by atoms with E-state index in [1.54, 1.807) is 25.3 Å². The van der Waals surface area contributed by atoms with Gasteiger partial charge in [-0.25, -0.2) is 0 Å². The molecule has 0 unspecified atom stereocenters. The molecule has 4 rings (SSSR count). The number of methoxy groups -OCH3 is 1. The molecule has 8 nitrogen and oxygen atoms in total. The highest BCUT2D eigenvalue weighted by Crippen LogP contribution is 2.32. The molecule has 0 spiro atoms. The summed E-state index contributed by atoms with van der Waals surface area (Å²) in [6.45, 7) is 5.86. The van der Waals surface area contributed by atoms with Crippen LogP contribution in [0.25, 0.3) is 0 Å². The lowest BCUT2D eigenvalue weighted by molar-refractivity contribution is -0.134. The van der Waals surface area contributed by atoms with Gasteiger partial charge < -0.3 is 28.6 Å². The molecule has 0 fully saturated rings. The number of aromatic nitrogens is 1. The van der Waals surface area contributed by atoms with Gasteiger partial charge in [-0.2, -0.15) is 0 Å². The van der Waals surface area contributed by atoms with Crippen molar-refractivity contribution in [1.29, 1.82) is 0 Å². The highest BCUT2D eigenvalue weighted by atomic mass is 16.7. The van der Waals surface area contributed by atoms with Gasteiger partial charge in [-0.05, 0) is 49.7 Å². The first-order chi connectivity index (χ1) is 17.5. The van der Waals surface area contributed by atoms with Crippen LogP contribution in [-0.4, -0.2) is 65.8 Å². The molecule has 2 aromatic carbocycles. The first kappa shape index (κ1) is 25.3. The van der Waals surface area contributed by atoms with Crippen molar-refractivity contribution in [3.8, 4) is 11.5 Å². The first-order valence-electron chi connectivity index (χ1n) is 12.1. The zero-order valence-electron chi connectivity index (χ0n) is 21.1. The molecule has 1 aliphatic rings. The quantitative estimate of drug-likeness (QED) is 0.408. The van der Waals surface area contributed by atoms with E-state index < -0.39 is 0 Å². The Morgan fingerprint density at radius 2 is 1.81 bits per heavy atom. The second-order valence-corrected chi connectivity index (χ2v) is 9.02. The SMILES string of the molecule is COCCN(CC(=O)N(Cc1cccn1Cc1ccccc1)C(C)C)C(=O)c1ccc2c(c1)OCO2. The molecule has 1 aromatic heterocycles. The van der Waals surface area contributed by atoms with Crippen LogP contribution in [0, 0.1) is 0 Å². The number of hydrogen-bond acceptors (Lipinski definition) is 5. The normalized spacial score (nSPS) is 12.1. The Morgan fingerprint density at radius 3 is 2.56 bits per heavy atom. The molecular formula is C28H33N3O5. The number of amides is 2. The Balaban J connectivity index is 1.48. The monoisotopic (exact) mass is 491 g/mol. The first-order valence-corrected chi connectivity index (χ1v) is 12.1. The van der Waals surface area contributed by atoms with E-state index in [2.05, 4.69) is 16.7 Å². The minimum atomic E-state index is -0.255. The number of rotatable bonds is 11. The molecule has 0 saturated heterocycles. The summed E-state index contributed by atoms with van der Waals surface area (Å²) >= 11 is 0. The zero-order valence-corrected chi connectivity index (χ0v) is 21.1. The van der Waals surface area contributed by atoms with Crippen LogP contribution in [0.5, 0.6) is 11.5 Å². The predicted molar refractivity (Wildman–Crippen MR) is 136 cm³/mol. The van der Waals surface area contributed by atoms with Crippen LogP contribution in [0.4, 0.5) is 0 Å². The van der Waals surface area contributed by atoms with Crippen molar-refractivity contribution in [3.05, 3.63) is 83.7 Å². The van der Waals surface area contributed by atoms with Gasteiger partial charge in [0.2, 0.25) is 12.7 Å². The van der Waals surface area contributed by atoms with E-state index in [9.17, 15) is 9.59 Å². The van der Waals surface area contributed by atoms with E-state index in [4.69, 9.17) is 14.2 Å². The topological polar surface area (TPSA) is 73.2 Å². The van der Waals surface area contributed by atoms with Crippen molar-refractivity contribution < 1.29 is 23.8 Å². The highest BCUT2D eigenvalue weighted by Gasteiger charge is 2.26. The molecule has 190 valence electrons. The number of hydrogen-bond donors (Lipinski definition) is 0. The van der Waals surface area contributed by atoms with Crippen LogP contribution >= 0.6 is 0 Å². The average molecular weight is 492 g/mol. The zero-order chi connectivity index (χ0) is 25.5. The Kier molecular flexibility index (Phi) is 8.28. The highest BCUT2D eigenvalue weighted by molar-refractivity contribution is 5.97. The Labute approximate surface area is 212 Å². The lowest BCUT2D eigenvalue weighted by atomic mass is 10.1. The predicted octanol–water partition coefficient (Wildman–Crippen LogP) is 3.79. The van der Waals surface area contributed by atoms with Gasteiger partial charge in [0, 0.05) is 43.7 Å². The van der Waals surface area contributed by atoms with E-state index in [-0.39, 0.29) is 31.2 Å². The largest absolute Gasteiger partial charge is 0.454 e. The van der Waals surface area contributed by atoms with E-state index in [0.29, 0.717) is 36.8 Å². The summed E-state index contributed by atoms with van der Waals surface area (Å²) in [5.41, 5.74) is 2.67. The van der Waals surface area contributed by atoms with E-state index in [0.717, 1.165) is 12.2 Å². The minimum Gasteiger partial charge on any atom is -0.454 e. The van der Waals surface area contributed by atoms with Gasteiger partial charge in [-0.1, -0.05) is 30.3 Å². The number of ether oxygens (including phenoxy) is 3. The number of benzene rings is 2. The van der Waals surface area contributed by atoms with Gasteiger partial charge in [-0.15, -0.1) is 0 Å².